The van der Waals surface area contributed by atoms with E-state index in [-0.39, 0.29) is 23.9 Å². The van der Waals surface area contributed by atoms with Crippen molar-refractivity contribution in [1.29, 1.82) is 0 Å². The highest BCUT2D eigenvalue weighted by molar-refractivity contribution is 5.94. The normalized spacial score (nSPS) is 15.8. The summed E-state index contributed by atoms with van der Waals surface area (Å²) in [5.74, 6) is 0.842. The molecule has 0 radical (unpaired) electrons. The molecule has 268 valence electrons. The average Bonchev–Trinajstić information content (AvgIpc) is 3.95. The molecule has 1 saturated heterocycles. The maximum absolute atomic E-state index is 14.5. The molecule has 2 aliphatic rings. The molecule has 0 bridgehead atoms. The van der Waals surface area contributed by atoms with Gasteiger partial charge in [-0.2, -0.15) is 10.2 Å². The quantitative estimate of drug-likeness (QED) is 0.187. The number of fused-ring (bicyclic) bond motifs is 1. The Hall–Kier alpha value is -5.47. The predicted molar refractivity (Wildman–Crippen MR) is 195 cm³/mol. The van der Waals surface area contributed by atoms with Gasteiger partial charge >= 0.3 is 0 Å². The van der Waals surface area contributed by atoms with Gasteiger partial charge in [0, 0.05) is 69.2 Å². The minimum absolute atomic E-state index is 0.118. The molecule has 5 aromatic rings. The molecule has 0 aliphatic carbocycles. The molecule has 1 fully saturated rings. The largest absolute Gasteiger partial charge is 0.475 e. The molecule has 3 aromatic heterocycles. The summed E-state index contributed by atoms with van der Waals surface area (Å²) in [7, 11) is 3.62. The number of nitrogens with one attached hydrogen (secondary N) is 3. The van der Waals surface area contributed by atoms with Gasteiger partial charge in [-0.1, -0.05) is 12.1 Å². The van der Waals surface area contributed by atoms with E-state index in [1.165, 1.54) is 12.4 Å². The molecule has 0 spiro atoms. The van der Waals surface area contributed by atoms with Crippen molar-refractivity contribution in [2.24, 2.45) is 0 Å². The maximum atomic E-state index is 14.5. The fourth-order valence-electron chi connectivity index (χ4n) is 6.05. The highest BCUT2D eigenvalue weighted by Gasteiger charge is 2.26. The molecule has 2 aliphatic heterocycles. The van der Waals surface area contributed by atoms with Crippen molar-refractivity contribution in [1.82, 2.24) is 40.2 Å². The minimum atomic E-state index is -0.338. The number of anilines is 1. The molecule has 0 unspecified atom stereocenters. The first-order valence-electron chi connectivity index (χ1n) is 16.8. The van der Waals surface area contributed by atoms with E-state index in [2.05, 4.69) is 46.6 Å². The number of carbonyl (C=O) groups is 2. The van der Waals surface area contributed by atoms with Gasteiger partial charge in [0.25, 0.3) is 0 Å². The number of likely N-dealkylation sites (tertiary alicyclic amines) is 1. The van der Waals surface area contributed by atoms with Gasteiger partial charge in [0.1, 0.15) is 24.6 Å². The third-order valence-electron chi connectivity index (χ3n) is 8.71. The Labute approximate surface area is 296 Å². The summed E-state index contributed by atoms with van der Waals surface area (Å²) in [6.07, 6.45) is 7.21. The lowest BCUT2D eigenvalue weighted by Gasteiger charge is -2.28. The van der Waals surface area contributed by atoms with Gasteiger partial charge in [-0.05, 0) is 74.2 Å². The first-order valence-corrected chi connectivity index (χ1v) is 16.8. The van der Waals surface area contributed by atoms with Crippen molar-refractivity contribution in [2.75, 3.05) is 52.2 Å². The average molecular weight is 698 g/mol. The zero-order chi connectivity index (χ0) is 36.3. The first-order chi connectivity index (χ1) is 24.8. The number of hydrogen-bond donors (Lipinski definition) is 3. The van der Waals surface area contributed by atoms with Crippen molar-refractivity contribution < 1.29 is 23.5 Å². The second-order valence-corrected chi connectivity index (χ2v) is 12.4. The van der Waals surface area contributed by atoms with Crippen molar-refractivity contribution in [3.05, 3.63) is 78.5 Å². The SMILES string of the molecule is C=O.CNc1ccc2[nH]nc(-c3ccc(OC(C)C)nc3)c2c1.CO[C@H]1CCN(CC(=O)N2CC=C(c3ccc(-c4ncn[nH]4)c(F)c3)CC2)C1. The lowest BCUT2D eigenvalue weighted by molar-refractivity contribution is -0.131. The smallest absolute Gasteiger partial charge is 0.237 e. The molecule has 0 saturated carbocycles. The lowest BCUT2D eigenvalue weighted by atomic mass is 9.98. The molecule has 1 atom stereocenters. The van der Waals surface area contributed by atoms with Gasteiger partial charge in [-0.15, -0.1) is 0 Å². The number of rotatable bonds is 9. The van der Waals surface area contributed by atoms with Crippen molar-refractivity contribution in [3.63, 3.8) is 0 Å². The number of aromatic amines is 2. The summed E-state index contributed by atoms with van der Waals surface area (Å²) < 4.78 is 25.4. The standard InChI is InChI=1S/C20H24FN5O2.C16H18N4O.CH2O/c1-28-16-6-7-25(11-16)12-19(27)26-8-4-14(5-9-26)15-2-3-17(18(21)10-15)20-22-13-23-24-20;1-10(2)21-15-7-4-11(9-18-15)16-13-8-12(17-3)5-6-14(13)19-20-16;1-2/h2-4,10,13,16H,5-9,11-12H2,1H3,(H,22,23,24);4-10,17H,1-3H3,(H,19,20);1H2/t16-;;/m0../s1. The van der Waals surface area contributed by atoms with Crippen LogP contribution in [0, 0.1) is 5.82 Å². The molecule has 1 amide bonds. The van der Waals surface area contributed by atoms with Gasteiger partial charge in [-0.25, -0.2) is 14.4 Å². The number of amides is 1. The van der Waals surface area contributed by atoms with E-state index in [1.807, 2.05) is 69.0 Å². The third-order valence-corrected chi connectivity index (χ3v) is 8.71. The maximum Gasteiger partial charge on any atom is 0.237 e. The summed E-state index contributed by atoms with van der Waals surface area (Å²) in [5, 5.41) is 18.1. The monoisotopic (exact) mass is 697 g/mol. The van der Waals surface area contributed by atoms with Gasteiger partial charge in [-0.3, -0.25) is 19.9 Å². The second kappa shape index (κ2) is 17.5. The summed E-state index contributed by atoms with van der Waals surface area (Å²) in [6, 6.07) is 15.1. The van der Waals surface area contributed by atoms with E-state index in [0.717, 1.165) is 58.5 Å². The Morgan fingerprint density at radius 3 is 2.53 bits per heavy atom. The summed E-state index contributed by atoms with van der Waals surface area (Å²) in [6.45, 7) is 9.32. The zero-order valence-electron chi connectivity index (χ0n) is 29.4. The highest BCUT2D eigenvalue weighted by Crippen LogP contribution is 2.29. The Morgan fingerprint density at radius 1 is 1.08 bits per heavy atom. The molecule has 5 heterocycles. The summed E-state index contributed by atoms with van der Waals surface area (Å²) >= 11 is 0. The van der Waals surface area contributed by atoms with Crippen LogP contribution in [0.2, 0.25) is 0 Å². The van der Waals surface area contributed by atoms with Gasteiger partial charge < -0.3 is 24.5 Å². The highest BCUT2D eigenvalue weighted by atomic mass is 19.1. The van der Waals surface area contributed by atoms with Gasteiger partial charge in [0.15, 0.2) is 5.82 Å². The van der Waals surface area contributed by atoms with Crippen LogP contribution in [0.3, 0.4) is 0 Å². The fraction of sp³-hybridized carbons (Fsp3) is 0.351. The number of methoxy groups -OCH3 is 1. The minimum Gasteiger partial charge on any atom is -0.475 e. The van der Waals surface area contributed by atoms with Crippen LogP contribution >= 0.6 is 0 Å². The van der Waals surface area contributed by atoms with Crippen LogP contribution < -0.4 is 10.1 Å². The lowest BCUT2D eigenvalue weighted by Crippen LogP contribution is -2.41. The van der Waals surface area contributed by atoms with Crippen LogP contribution in [0.1, 0.15) is 32.3 Å². The Balaban J connectivity index is 0.000000196. The van der Waals surface area contributed by atoms with E-state index >= 15 is 0 Å². The third kappa shape index (κ3) is 9.21. The Bertz CT molecular complexity index is 1910. The predicted octanol–water partition coefficient (Wildman–Crippen LogP) is 5.22. The number of halogens is 1. The van der Waals surface area contributed by atoms with E-state index < -0.39 is 0 Å². The topological polar surface area (TPSA) is 154 Å². The number of aromatic nitrogens is 6. The van der Waals surface area contributed by atoms with Crippen molar-refractivity contribution in [3.8, 4) is 28.5 Å². The molecule has 2 aromatic carbocycles. The number of benzene rings is 2. The van der Waals surface area contributed by atoms with Crippen LogP contribution in [0.25, 0.3) is 39.1 Å². The van der Waals surface area contributed by atoms with E-state index in [1.54, 1.807) is 19.4 Å². The Kier molecular flexibility index (Phi) is 12.6. The molecule has 14 heteroatoms. The number of nitrogens with zero attached hydrogens (tertiary/aromatic N) is 6. The van der Waals surface area contributed by atoms with Crippen LogP contribution in [0.15, 0.2) is 67.1 Å². The van der Waals surface area contributed by atoms with Crippen molar-refractivity contribution in [2.45, 2.75) is 38.9 Å². The van der Waals surface area contributed by atoms with Crippen LogP contribution in [0.5, 0.6) is 5.88 Å². The van der Waals surface area contributed by atoms with E-state index in [0.29, 0.717) is 43.3 Å². The van der Waals surface area contributed by atoms with E-state index in [9.17, 15) is 9.18 Å². The fourth-order valence-corrected chi connectivity index (χ4v) is 6.05. The molecular formula is C37H44FN9O4. The van der Waals surface area contributed by atoms with Crippen molar-refractivity contribution >= 4 is 34.9 Å². The van der Waals surface area contributed by atoms with Gasteiger partial charge in [0.05, 0.1) is 29.8 Å². The van der Waals surface area contributed by atoms with Crippen LogP contribution in [-0.2, 0) is 14.3 Å². The summed E-state index contributed by atoms with van der Waals surface area (Å²) in [4.78, 5) is 32.9. The van der Waals surface area contributed by atoms with Crippen LogP contribution in [-0.4, -0.2) is 112 Å². The second-order valence-electron chi connectivity index (χ2n) is 12.4. The number of ether oxygens (including phenoxy) is 2. The zero-order valence-corrected chi connectivity index (χ0v) is 29.4. The molecule has 13 nitrogen and oxygen atoms in total. The number of pyridine rings is 1. The van der Waals surface area contributed by atoms with Crippen LogP contribution in [0.4, 0.5) is 10.1 Å². The summed E-state index contributed by atoms with van der Waals surface area (Å²) in [5.41, 5.74) is 6.22. The molecular weight excluding hydrogens is 653 g/mol. The first kappa shape index (κ1) is 36.8. The number of hydrogen-bond acceptors (Lipinski definition) is 10. The van der Waals surface area contributed by atoms with E-state index in [4.69, 9.17) is 14.3 Å². The Morgan fingerprint density at radius 2 is 1.90 bits per heavy atom. The molecule has 51 heavy (non-hydrogen) atoms. The van der Waals surface area contributed by atoms with Gasteiger partial charge in [0.2, 0.25) is 11.8 Å². The number of H-pyrrole nitrogens is 2. The molecule has 7 rings (SSSR count). The molecule has 3 N–H and O–H groups in total. The number of carbonyl (C=O) groups excluding carboxylic acids is 2.